The highest BCUT2D eigenvalue weighted by Gasteiger charge is 2.09. The first kappa shape index (κ1) is 14.0. The molecule has 1 heterocycles. The van der Waals surface area contributed by atoms with Crippen molar-refractivity contribution in [2.24, 2.45) is 12.8 Å². The third kappa shape index (κ3) is 3.54. The quantitative estimate of drug-likeness (QED) is 0.904. The number of rotatable bonds is 5. The molecule has 2 N–H and O–H groups in total. The number of nitrogens with zero attached hydrogens (tertiary/aromatic N) is 4. The molecule has 0 aliphatic carbocycles. The van der Waals surface area contributed by atoms with Gasteiger partial charge >= 0.3 is 0 Å². The van der Waals surface area contributed by atoms with E-state index < -0.39 is 0 Å². The Morgan fingerprint density at radius 2 is 2.21 bits per heavy atom. The second kappa shape index (κ2) is 6.16. The van der Waals surface area contributed by atoms with Crippen LogP contribution in [0.3, 0.4) is 0 Å². The molecule has 19 heavy (non-hydrogen) atoms. The number of tetrazole rings is 1. The number of aromatic nitrogens is 4. The Kier molecular flexibility index (Phi) is 4.55. The summed E-state index contributed by atoms with van der Waals surface area (Å²) in [7, 11) is 1.84. The van der Waals surface area contributed by atoms with Gasteiger partial charge in [-0.2, -0.15) is 0 Å². The molecular weight excluding hydrogens is 258 g/mol. The summed E-state index contributed by atoms with van der Waals surface area (Å²) in [6.07, 6.45) is 1.92. The lowest BCUT2D eigenvalue weighted by Gasteiger charge is -2.11. The van der Waals surface area contributed by atoms with Crippen molar-refractivity contribution in [1.29, 1.82) is 0 Å². The van der Waals surface area contributed by atoms with Crippen LogP contribution in [0.15, 0.2) is 28.3 Å². The monoisotopic (exact) mass is 277 g/mol. The molecule has 0 fully saturated rings. The summed E-state index contributed by atoms with van der Waals surface area (Å²) in [6, 6.07) is 6.68. The van der Waals surface area contributed by atoms with Crippen LogP contribution in [-0.2, 0) is 13.5 Å². The van der Waals surface area contributed by atoms with Crippen molar-refractivity contribution in [3.05, 3.63) is 29.3 Å². The highest BCUT2D eigenvalue weighted by Crippen LogP contribution is 2.28. The predicted octanol–water partition coefficient (Wildman–Crippen LogP) is 1.95. The molecule has 6 heteroatoms. The van der Waals surface area contributed by atoms with Gasteiger partial charge in [-0.25, -0.2) is 4.68 Å². The number of hydrogen-bond acceptors (Lipinski definition) is 5. The van der Waals surface area contributed by atoms with Crippen molar-refractivity contribution in [1.82, 2.24) is 20.2 Å². The van der Waals surface area contributed by atoms with Crippen LogP contribution < -0.4 is 5.73 Å². The van der Waals surface area contributed by atoms with Crippen molar-refractivity contribution in [2.45, 2.75) is 42.8 Å². The molecule has 1 atom stereocenters. The molecule has 0 aliphatic rings. The van der Waals surface area contributed by atoms with E-state index in [9.17, 15) is 0 Å². The van der Waals surface area contributed by atoms with E-state index in [0.29, 0.717) is 0 Å². The van der Waals surface area contributed by atoms with Crippen LogP contribution in [0.1, 0.15) is 24.5 Å². The second-order valence-electron chi connectivity index (χ2n) is 4.66. The average molecular weight is 277 g/mol. The Morgan fingerprint density at radius 1 is 1.42 bits per heavy atom. The van der Waals surface area contributed by atoms with E-state index in [1.807, 2.05) is 7.05 Å². The van der Waals surface area contributed by atoms with Crippen LogP contribution in [-0.4, -0.2) is 26.2 Å². The molecule has 0 radical (unpaired) electrons. The summed E-state index contributed by atoms with van der Waals surface area (Å²) in [5.41, 5.74) is 8.50. The van der Waals surface area contributed by atoms with Gasteiger partial charge in [0.05, 0.1) is 0 Å². The molecule has 1 aromatic heterocycles. The van der Waals surface area contributed by atoms with Crippen molar-refractivity contribution < 1.29 is 0 Å². The van der Waals surface area contributed by atoms with Crippen molar-refractivity contribution >= 4 is 11.8 Å². The molecule has 0 saturated carbocycles. The minimum absolute atomic E-state index is 0.237. The van der Waals surface area contributed by atoms with Crippen LogP contribution in [0.5, 0.6) is 0 Å². The fraction of sp³-hybridized carbons (Fsp3) is 0.462. The summed E-state index contributed by atoms with van der Waals surface area (Å²) in [5.74, 6) is 0. The van der Waals surface area contributed by atoms with Gasteiger partial charge in [0, 0.05) is 18.0 Å². The lowest BCUT2D eigenvalue weighted by molar-refractivity contribution is 0.646. The van der Waals surface area contributed by atoms with Gasteiger partial charge in [-0.05, 0) is 59.1 Å². The maximum Gasteiger partial charge on any atom is 0.213 e. The van der Waals surface area contributed by atoms with Crippen molar-refractivity contribution in [2.75, 3.05) is 0 Å². The van der Waals surface area contributed by atoms with Gasteiger partial charge in [0.2, 0.25) is 5.16 Å². The van der Waals surface area contributed by atoms with Crippen LogP contribution in [0, 0.1) is 6.92 Å². The Labute approximate surface area is 117 Å². The lowest BCUT2D eigenvalue weighted by atomic mass is 10.0. The van der Waals surface area contributed by atoms with Crippen LogP contribution in [0.25, 0.3) is 0 Å². The standard InChI is InChI=1S/C13H19N5S/c1-4-11(14)8-10-5-6-12(9(2)7-10)19-13-15-16-17-18(13)3/h5-7,11H,4,8,14H2,1-3H3. The minimum Gasteiger partial charge on any atom is -0.327 e. The summed E-state index contributed by atoms with van der Waals surface area (Å²) in [6.45, 7) is 4.22. The first-order valence-electron chi connectivity index (χ1n) is 6.35. The zero-order chi connectivity index (χ0) is 13.8. The minimum atomic E-state index is 0.237. The summed E-state index contributed by atoms with van der Waals surface area (Å²) in [5, 5.41) is 12.2. The number of benzene rings is 1. The third-order valence-electron chi connectivity index (χ3n) is 3.04. The SMILES string of the molecule is CCC(N)Cc1ccc(Sc2nnnn2C)c(C)c1. The van der Waals surface area contributed by atoms with E-state index in [0.717, 1.165) is 18.0 Å². The lowest BCUT2D eigenvalue weighted by Crippen LogP contribution is -2.21. The maximum atomic E-state index is 5.99. The third-order valence-corrected chi connectivity index (χ3v) is 4.25. The molecular formula is C13H19N5S. The smallest absolute Gasteiger partial charge is 0.213 e. The summed E-state index contributed by atoms with van der Waals surface area (Å²) in [4.78, 5) is 1.17. The Morgan fingerprint density at radius 3 is 2.79 bits per heavy atom. The number of nitrogens with two attached hydrogens (primary N) is 1. The van der Waals surface area contributed by atoms with E-state index in [1.165, 1.54) is 16.0 Å². The first-order valence-corrected chi connectivity index (χ1v) is 7.17. The van der Waals surface area contributed by atoms with E-state index in [-0.39, 0.29) is 6.04 Å². The highest BCUT2D eigenvalue weighted by atomic mass is 32.2. The predicted molar refractivity (Wildman–Crippen MR) is 76.1 cm³/mol. The molecule has 0 saturated heterocycles. The fourth-order valence-corrected chi connectivity index (χ4v) is 2.60. The van der Waals surface area contributed by atoms with Crippen LogP contribution in [0.4, 0.5) is 0 Å². The molecule has 102 valence electrons. The van der Waals surface area contributed by atoms with Gasteiger partial charge in [-0.1, -0.05) is 19.1 Å². The molecule has 0 amide bonds. The highest BCUT2D eigenvalue weighted by molar-refractivity contribution is 7.99. The van der Waals surface area contributed by atoms with E-state index in [1.54, 1.807) is 16.4 Å². The summed E-state index contributed by atoms with van der Waals surface area (Å²) >= 11 is 1.58. The van der Waals surface area contributed by atoms with E-state index in [2.05, 4.69) is 47.6 Å². The molecule has 0 bridgehead atoms. The molecule has 0 spiro atoms. The van der Waals surface area contributed by atoms with Gasteiger partial charge in [0.1, 0.15) is 0 Å². The molecule has 1 aromatic carbocycles. The second-order valence-corrected chi connectivity index (χ2v) is 5.67. The molecule has 1 unspecified atom stereocenters. The van der Waals surface area contributed by atoms with Crippen LogP contribution >= 0.6 is 11.8 Å². The molecule has 2 aromatic rings. The van der Waals surface area contributed by atoms with Gasteiger partial charge in [0.15, 0.2) is 0 Å². The Hall–Kier alpha value is -1.40. The van der Waals surface area contributed by atoms with Gasteiger partial charge < -0.3 is 5.73 Å². The molecule has 5 nitrogen and oxygen atoms in total. The van der Waals surface area contributed by atoms with Crippen LogP contribution in [0.2, 0.25) is 0 Å². The van der Waals surface area contributed by atoms with Gasteiger partial charge in [0.25, 0.3) is 0 Å². The van der Waals surface area contributed by atoms with E-state index >= 15 is 0 Å². The summed E-state index contributed by atoms with van der Waals surface area (Å²) < 4.78 is 1.67. The van der Waals surface area contributed by atoms with E-state index in [4.69, 9.17) is 5.73 Å². The first-order chi connectivity index (χ1) is 9.10. The fourth-order valence-electron chi connectivity index (χ4n) is 1.81. The zero-order valence-corrected chi connectivity index (χ0v) is 12.3. The topological polar surface area (TPSA) is 69.6 Å². The number of hydrogen-bond donors (Lipinski definition) is 1. The Bertz CT molecular complexity index is 552. The molecule has 0 aliphatic heterocycles. The van der Waals surface area contributed by atoms with Gasteiger partial charge in [-0.15, -0.1) is 5.10 Å². The average Bonchev–Trinajstić information content (AvgIpc) is 2.78. The van der Waals surface area contributed by atoms with Crippen molar-refractivity contribution in [3.63, 3.8) is 0 Å². The maximum absolute atomic E-state index is 5.99. The number of aryl methyl sites for hydroxylation is 2. The molecule has 2 rings (SSSR count). The largest absolute Gasteiger partial charge is 0.327 e. The van der Waals surface area contributed by atoms with Crippen molar-refractivity contribution in [3.8, 4) is 0 Å². The zero-order valence-electron chi connectivity index (χ0n) is 11.5. The van der Waals surface area contributed by atoms with Gasteiger partial charge in [-0.3, -0.25) is 0 Å². The normalized spacial score (nSPS) is 12.6. The Balaban J connectivity index is 2.13.